The third-order valence-corrected chi connectivity index (χ3v) is 4.34. The standard InChI is InChI=1S/C12H10Cl2N2O4S/c1-6-2-10(11(15-6)12(17)18)16-21(19,20)9-4-7(13)3-8(14)5-9/h2-5,15-16H,1H3,(H,17,18). The lowest BCUT2D eigenvalue weighted by Gasteiger charge is -2.08. The fourth-order valence-corrected chi connectivity index (χ4v) is 3.51. The molecule has 9 heteroatoms. The zero-order valence-corrected chi connectivity index (χ0v) is 13.0. The van der Waals surface area contributed by atoms with Crippen molar-refractivity contribution < 1.29 is 18.3 Å². The summed E-state index contributed by atoms with van der Waals surface area (Å²) in [6.45, 7) is 1.61. The summed E-state index contributed by atoms with van der Waals surface area (Å²) in [5.74, 6) is -1.27. The molecule has 0 radical (unpaired) electrons. The van der Waals surface area contributed by atoms with Crippen LogP contribution in [0.5, 0.6) is 0 Å². The largest absolute Gasteiger partial charge is 0.477 e. The number of rotatable bonds is 4. The van der Waals surface area contributed by atoms with Gasteiger partial charge in [0.2, 0.25) is 0 Å². The predicted octanol–water partition coefficient (Wildman–Crippen LogP) is 3.13. The summed E-state index contributed by atoms with van der Waals surface area (Å²) >= 11 is 11.5. The number of aryl methyl sites for hydroxylation is 1. The first kappa shape index (κ1) is 15.7. The number of nitrogens with one attached hydrogen (secondary N) is 2. The number of H-pyrrole nitrogens is 1. The van der Waals surface area contributed by atoms with Gasteiger partial charge < -0.3 is 10.1 Å². The molecule has 1 aromatic heterocycles. The maximum atomic E-state index is 12.3. The second kappa shape index (κ2) is 5.59. The smallest absolute Gasteiger partial charge is 0.354 e. The molecule has 0 aliphatic carbocycles. The van der Waals surface area contributed by atoms with Gasteiger partial charge in [-0.3, -0.25) is 4.72 Å². The van der Waals surface area contributed by atoms with E-state index in [1.165, 1.54) is 24.3 Å². The summed E-state index contributed by atoms with van der Waals surface area (Å²) in [6, 6.07) is 5.21. The molecule has 0 spiro atoms. The van der Waals surface area contributed by atoms with Crippen molar-refractivity contribution in [1.82, 2.24) is 4.98 Å². The fraction of sp³-hybridized carbons (Fsp3) is 0.0833. The van der Waals surface area contributed by atoms with Gasteiger partial charge in [-0.05, 0) is 31.2 Å². The van der Waals surface area contributed by atoms with E-state index < -0.39 is 16.0 Å². The lowest BCUT2D eigenvalue weighted by Crippen LogP contribution is -2.15. The topological polar surface area (TPSA) is 99.3 Å². The number of carboxylic acid groups (broad SMARTS) is 1. The second-order valence-corrected chi connectivity index (χ2v) is 6.81. The quantitative estimate of drug-likeness (QED) is 0.790. The van der Waals surface area contributed by atoms with Gasteiger partial charge in [-0.1, -0.05) is 23.2 Å². The molecule has 3 N–H and O–H groups in total. The molecule has 0 saturated heterocycles. The number of hydrogen-bond donors (Lipinski definition) is 3. The number of aromatic carboxylic acids is 1. The Bertz CT molecular complexity index is 794. The summed E-state index contributed by atoms with van der Waals surface area (Å²) in [6.07, 6.45) is 0. The van der Waals surface area contributed by atoms with E-state index >= 15 is 0 Å². The van der Waals surface area contributed by atoms with Gasteiger partial charge in [0, 0.05) is 15.7 Å². The van der Waals surface area contributed by atoms with Crippen molar-refractivity contribution in [1.29, 1.82) is 0 Å². The SMILES string of the molecule is Cc1cc(NS(=O)(=O)c2cc(Cl)cc(Cl)c2)c(C(=O)O)[nH]1. The van der Waals surface area contributed by atoms with E-state index in [1.54, 1.807) is 6.92 Å². The Morgan fingerprint density at radius 3 is 2.29 bits per heavy atom. The van der Waals surface area contributed by atoms with Gasteiger partial charge in [0.15, 0.2) is 0 Å². The van der Waals surface area contributed by atoms with Crippen LogP contribution < -0.4 is 4.72 Å². The minimum Gasteiger partial charge on any atom is -0.477 e. The molecule has 0 unspecified atom stereocenters. The number of sulfonamides is 1. The van der Waals surface area contributed by atoms with Crippen LogP contribution in [0.15, 0.2) is 29.2 Å². The molecule has 2 aromatic rings. The van der Waals surface area contributed by atoms with Crippen molar-refractivity contribution in [3.05, 3.63) is 45.7 Å². The molecule has 0 bridgehead atoms. The Hall–Kier alpha value is -1.70. The van der Waals surface area contributed by atoms with E-state index in [4.69, 9.17) is 28.3 Å². The van der Waals surface area contributed by atoms with Gasteiger partial charge in [-0.2, -0.15) is 0 Å². The molecule has 1 heterocycles. The van der Waals surface area contributed by atoms with Crippen molar-refractivity contribution >= 4 is 44.9 Å². The number of benzene rings is 1. The van der Waals surface area contributed by atoms with Crippen molar-refractivity contribution in [2.24, 2.45) is 0 Å². The van der Waals surface area contributed by atoms with E-state index in [0.717, 1.165) is 0 Å². The van der Waals surface area contributed by atoms with Crippen LogP contribution in [0.25, 0.3) is 0 Å². The number of aromatic amines is 1. The minimum atomic E-state index is -4.00. The van der Waals surface area contributed by atoms with Crippen LogP contribution in [0.1, 0.15) is 16.2 Å². The van der Waals surface area contributed by atoms with Crippen LogP contribution >= 0.6 is 23.2 Å². The van der Waals surface area contributed by atoms with Crippen molar-refractivity contribution in [2.45, 2.75) is 11.8 Å². The molecule has 1 aromatic carbocycles. The van der Waals surface area contributed by atoms with Crippen LogP contribution in [-0.4, -0.2) is 24.5 Å². The maximum Gasteiger partial charge on any atom is 0.354 e. The molecule has 0 aliphatic rings. The molecule has 6 nitrogen and oxygen atoms in total. The minimum absolute atomic E-state index is 0.0592. The molecule has 21 heavy (non-hydrogen) atoms. The van der Waals surface area contributed by atoms with E-state index in [0.29, 0.717) is 5.69 Å². The zero-order valence-electron chi connectivity index (χ0n) is 10.6. The number of aromatic nitrogens is 1. The number of carboxylic acids is 1. The fourth-order valence-electron chi connectivity index (χ4n) is 1.73. The average molecular weight is 349 g/mol. The molecule has 0 saturated carbocycles. The summed E-state index contributed by atoms with van der Waals surface area (Å²) < 4.78 is 26.7. The Morgan fingerprint density at radius 2 is 1.76 bits per heavy atom. The lowest BCUT2D eigenvalue weighted by atomic mass is 10.4. The first-order valence-electron chi connectivity index (χ1n) is 5.61. The molecular formula is C12H10Cl2N2O4S. The van der Waals surface area contributed by atoms with Crippen LogP contribution in [-0.2, 0) is 10.0 Å². The van der Waals surface area contributed by atoms with Gasteiger partial charge in [0.05, 0.1) is 10.6 Å². The summed E-state index contributed by atoms with van der Waals surface area (Å²) in [5.41, 5.74) is 0.203. The van der Waals surface area contributed by atoms with E-state index in [2.05, 4.69) is 9.71 Å². The van der Waals surface area contributed by atoms with E-state index in [-0.39, 0.29) is 26.3 Å². The highest BCUT2D eigenvalue weighted by Crippen LogP contribution is 2.25. The molecule has 0 fully saturated rings. The number of anilines is 1. The van der Waals surface area contributed by atoms with Gasteiger partial charge in [-0.15, -0.1) is 0 Å². The molecule has 112 valence electrons. The third kappa shape index (κ3) is 3.49. The number of carbonyl (C=O) groups is 1. The Labute approximate surface area is 130 Å². The van der Waals surface area contributed by atoms with E-state index in [1.807, 2.05) is 0 Å². The molecular weight excluding hydrogens is 339 g/mol. The van der Waals surface area contributed by atoms with Crippen molar-refractivity contribution in [3.63, 3.8) is 0 Å². The number of hydrogen-bond acceptors (Lipinski definition) is 3. The lowest BCUT2D eigenvalue weighted by molar-refractivity contribution is 0.0692. The van der Waals surface area contributed by atoms with Gasteiger partial charge in [0.25, 0.3) is 10.0 Å². The van der Waals surface area contributed by atoms with Crippen molar-refractivity contribution in [2.75, 3.05) is 4.72 Å². The summed E-state index contributed by atoms with van der Waals surface area (Å²) in [4.78, 5) is 13.5. The third-order valence-electron chi connectivity index (χ3n) is 2.56. The monoisotopic (exact) mass is 348 g/mol. The van der Waals surface area contributed by atoms with Gasteiger partial charge in [0.1, 0.15) is 5.69 Å². The first-order valence-corrected chi connectivity index (χ1v) is 7.85. The van der Waals surface area contributed by atoms with Crippen molar-refractivity contribution in [3.8, 4) is 0 Å². The summed E-state index contributed by atoms with van der Waals surface area (Å²) in [7, 11) is -4.00. The predicted molar refractivity (Wildman–Crippen MR) is 79.8 cm³/mol. The van der Waals surface area contributed by atoms with Crippen LogP contribution in [0.2, 0.25) is 10.0 Å². The number of halogens is 2. The van der Waals surface area contributed by atoms with Crippen LogP contribution in [0.4, 0.5) is 5.69 Å². The highest BCUT2D eigenvalue weighted by molar-refractivity contribution is 7.92. The normalized spacial score (nSPS) is 11.4. The Morgan fingerprint density at radius 1 is 1.19 bits per heavy atom. The Balaban J connectivity index is 2.44. The highest BCUT2D eigenvalue weighted by Gasteiger charge is 2.21. The second-order valence-electron chi connectivity index (χ2n) is 4.26. The summed E-state index contributed by atoms with van der Waals surface area (Å²) in [5, 5.41) is 9.34. The highest BCUT2D eigenvalue weighted by atomic mass is 35.5. The Kier molecular flexibility index (Phi) is 4.18. The first-order chi connectivity index (χ1) is 9.69. The van der Waals surface area contributed by atoms with Gasteiger partial charge >= 0.3 is 5.97 Å². The van der Waals surface area contributed by atoms with E-state index in [9.17, 15) is 13.2 Å². The maximum absolute atomic E-state index is 12.3. The van der Waals surface area contributed by atoms with Gasteiger partial charge in [-0.25, -0.2) is 13.2 Å². The molecule has 0 atom stereocenters. The molecule has 2 rings (SSSR count). The average Bonchev–Trinajstić information content (AvgIpc) is 2.68. The molecule has 0 aliphatic heterocycles. The van der Waals surface area contributed by atoms with Crippen LogP contribution in [0.3, 0.4) is 0 Å². The van der Waals surface area contributed by atoms with Crippen LogP contribution in [0, 0.1) is 6.92 Å². The molecule has 0 amide bonds. The zero-order chi connectivity index (χ0) is 15.8.